The van der Waals surface area contributed by atoms with Gasteiger partial charge in [0.25, 0.3) is 5.91 Å². The molecule has 0 radical (unpaired) electrons. The van der Waals surface area contributed by atoms with Crippen LogP contribution in [0.1, 0.15) is 36.8 Å². The number of hydrogen-bond donors (Lipinski definition) is 1. The molecule has 2 aromatic rings. The van der Waals surface area contributed by atoms with E-state index in [0.717, 1.165) is 10.6 Å². The first kappa shape index (κ1) is 22.9. The van der Waals surface area contributed by atoms with Gasteiger partial charge in [0.1, 0.15) is 0 Å². The third-order valence-corrected chi connectivity index (χ3v) is 5.36. The van der Waals surface area contributed by atoms with E-state index in [1.165, 1.54) is 35.0 Å². The molecule has 29 heavy (non-hydrogen) atoms. The summed E-state index contributed by atoms with van der Waals surface area (Å²) in [5.74, 6) is -0.663. The first-order valence-electron chi connectivity index (χ1n) is 8.96. The molecule has 156 valence electrons. The Morgan fingerprint density at radius 1 is 1.24 bits per heavy atom. The van der Waals surface area contributed by atoms with Crippen molar-refractivity contribution >= 4 is 40.9 Å². The number of nitrogens with zero attached hydrogens (tertiary/aromatic N) is 2. The molecule has 0 bridgehead atoms. The molecule has 0 saturated heterocycles. The van der Waals surface area contributed by atoms with Crippen molar-refractivity contribution in [3.63, 3.8) is 0 Å². The normalized spacial score (nSPS) is 11.0. The fourth-order valence-electron chi connectivity index (χ4n) is 2.30. The summed E-state index contributed by atoms with van der Waals surface area (Å²) in [6.45, 7) is 5.05. The Hall–Kier alpha value is -2.39. The van der Waals surface area contributed by atoms with E-state index < -0.39 is 18.5 Å². The number of rotatable bonds is 8. The van der Waals surface area contributed by atoms with Crippen molar-refractivity contribution in [3.05, 3.63) is 46.4 Å². The minimum atomic E-state index is -0.577. The number of amides is 2. The first-order valence-corrected chi connectivity index (χ1v) is 10.9. The number of thiazole rings is 1. The highest BCUT2D eigenvalue weighted by molar-refractivity contribution is 7.98. The number of benzene rings is 1. The summed E-state index contributed by atoms with van der Waals surface area (Å²) < 4.78 is 5.18. The molecule has 1 aromatic carbocycles. The Morgan fingerprint density at radius 3 is 2.62 bits per heavy atom. The zero-order chi connectivity index (χ0) is 21.4. The molecule has 0 fully saturated rings. The smallest absolute Gasteiger partial charge is 0.339 e. The molecular formula is C20H25N3O4S2. The molecule has 0 spiro atoms. The number of likely N-dealkylation sites (N-methyl/N-ethyl adjacent to an activating group) is 1. The number of ether oxygens (including phenoxy) is 1. The van der Waals surface area contributed by atoms with Gasteiger partial charge in [0.15, 0.2) is 6.61 Å². The molecule has 2 amide bonds. The summed E-state index contributed by atoms with van der Waals surface area (Å²) in [6.07, 6.45) is 0. The van der Waals surface area contributed by atoms with Crippen molar-refractivity contribution < 1.29 is 19.1 Å². The average Bonchev–Trinajstić information content (AvgIpc) is 3.16. The second kappa shape index (κ2) is 10.4. The van der Waals surface area contributed by atoms with E-state index in [9.17, 15) is 14.4 Å². The monoisotopic (exact) mass is 435 g/mol. The lowest BCUT2D eigenvalue weighted by Gasteiger charge is -2.23. The number of hydrogen-bond acceptors (Lipinski definition) is 7. The van der Waals surface area contributed by atoms with Gasteiger partial charge in [-0.15, -0.1) is 23.1 Å². The van der Waals surface area contributed by atoms with Crippen LogP contribution in [0.15, 0.2) is 40.1 Å². The number of nitrogens with one attached hydrogen (secondary N) is 1. The van der Waals surface area contributed by atoms with Crippen molar-refractivity contribution in [3.8, 4) is 0 Å². The molecule has 2 rings (SSSR count). The van der Waals surface area contributed by atoms with Gasteiger partial charge in [0.2, 0.25) is 5.91 Å². The highest BCUT2D eigenvalue weighted by Gasteiger charge is 2.20. The average molecular weight is 436 g/mol. The van der Waals surface area contributed by atoms with Crippen LogP contribution in [-0.4, -0.2) is 53.4 Å². The van der Waals surface area contributed by atoms with Gasteiger partial charge in [0.05, 0.1) is 23.3 Å². The zero-order valence-corrected chi connectivity index (χ0v) is 18.6. The van der Waals surface area contributed by atoms with E-state index in [-0.39, 0.29) is 18.0 Å². The highest BCUT2D eigenvalue weighted by atomic mass is 32.2. The zero-order valence-electron chi connectivity index (χ0n) is 16.9. The van der Waals surface area contributed by atoms with Gasteiger partial charge in [-0.3, -0.25) is 9.59 Å². The maximum atomic E-state index is 12.5. The van der Waals surface area contributed by atoms with Crippen LogP contribution in [0.3, 0.4) is 0 Å². The third-order valence-electron chi connectivity index (χ3n) is 3.61. The molecule has 0 aliphatic rings. The summed E-state index contributed by atoms with van der Waals surface area (Å²) in [4.78, 5) is 42.8. The van der Waals surface area contributed by atoms with Crippen LogP contribution in [0.5, 0.6) is 0 Å². The molecule has 0 saturated carbocycles. The molecule has 0 atom stereocenters. The van der Waals surface area contributed by atoms with Crippen LogP contribution in [0, 0.1) is 0 Å². The van der Waals surface area contributed by atoms with Crippen LogP contribution < -0.4 is 5.32 Å². The Kier molecular flexibility index (Phi) is 8.21. The molecule has 1 heterocycles. The second-order valence-corrected chi connectivity index (χ2v) is 9.12. The van der Waals surface area contributed by atoms with Gasteiger partial charge in [-0.2, -0.15) is 0 Å². The highest BCUT2D eigenvalue weighted by Crippen LogP contribution is 2.26. The Labute approximate surface area is 178 Å². The van der Waals surface area contributed by atoms with Gasteiger partial charge < -0.3 is 15.0 Å². The summed E-state index contributed by atoms with van der Waals surface area (Å²) >= 11 is 3.00. The van der Waals surface area contributed by atoms with Gasteiger partial charge in [-0.1, -0.05) is 12.1 Å². The fourth-order valence-corrected chi connectivity index (χ4v) is 3.91. The van der Waals surface area contributed by atoms with E-state index >= 15 is 0 Å². The van der Waals surface area contributed by atoms with E-state index in [2.05, 4.69) is 10.3 Å². The van der Waals surface area contributed by atoms with Crippen molar-refractivity contribution in [1.82, 2.24) is 15.2 Å². The minimum Gasteiger partial charge on any atom is -0.452 e. The van der Waals surface area contributed by atoms with Crippen LogP contribution >= 0.6 is 23.1 Å². The molecule has 0 aliphatic carbocycles. The summed E-state index contributed by atoms with van der Waals surface area (Å²) in [7, 11) is 1.50. The molecule has 1 aromatic heterocycles. The van der Waals surface area contributed by atoms with Gasteiger partial charge >= 0.3 is 5.97 Å². The summed E-state index contributed by atoms with van der Waals surface area (Å²) in [5.41, 5.74) is 2.72. The molecule has 7 nitrogen and oxygen atoms in total. The van der Waals surface area contributed by atoms with Crippen LogP contribution in [-0.2, 0) is 20.1 Å². The lowest BCUT2D eigenvalue weighted by Crippen LogP contribution is -2.46. The Balaban J connectivity index is 1.88. The Morgan fingerprint density at radius 2 is 1.97 bits per heavy atom. The summed E-state index contributed by atoms with van der Waals surface area (Å²) in [5, 5.41) is 4.74. The number of carbonyl (C=O) groups excluding carboxylic acids is 3. The fraction of sp³-hybridized carbons (Fsp3) is 0.400. The minimum absolute atomic E-state index is 0.103. The summed E-state index contributed by atoms with van der Waals surface area (Å²) in [6, 6.07) is 7.08. The first-order chi connectivity index (χ1) is 13.7. The topological polar surface area (TPSA) is 88.6 Å². The van der Waals surface area contributed by atoms with Gasteiger partial charge in [0, 0.05) is 28.6 Å². The van der Waals surface area contributed by atoms with Crippen molar-refractivity contribution in [2.75, 3.05) is 20.2 Å². The van der Waals surface area contributed by atoms with Crippen LogP contribution in [0.4, 0.5) is 0 Å². The van der Waals surface area contributed by atoms with Crippen LogP contribution in [0.25, 0.3) is 0 Å². The molecule has 0 unspecified atom stereocenters. The third kappa shape index (κ3) is 7.86. The predicted octanol–water partition coefficient (Wildman–Crippen LogP) is 2.97. The quantitative estimate of drug-likeness (QED) is 0.507. The second-order valence-electron chi connectivity index (χ2n) is 7.39. The van der Waals surface area contributed by atoms with Gasteiger partial charge in [-0.25, -0.2) is 9.78 Å². The van der Waals surface area contributed by atoms with Gasteiger partial charge in [-0.05, 0) is 32.9 Å². The predicted molar refractivity (Wildman–Crippen MR) is 114 cm³/mol. The number of carbonyl (C=O) groups is 3. The molecule has 0 aliphatic heterocycles. The maximum Gasteiger partial charge on any atom is 0.339 e. The molecular weight excluding hydrogens is 410 g/mol. The van der Waals surface area contributed by atoms with E-state index in [0.29, 0.717) is 11.3 Å². The van der Waals surface area contributed by atoms with E-state index in [1.54, 1.807) is 17.6 Å². The number of thioether (sulfide) groups is 1. The van der Waals surface area contributed by atoms with Crippen molar-refractivity contribution in [2.45, 2.75) is 37.0 Å². The number of aromatic nitrogens is 1. The van der Waals surface area contributed by atoms with Crippen LogP contribution in [0.2, 0.25) is 0 Å². The van der Waals surface area contributed by atoms with Crippen molar-refractivity contribution in [1.29, 1.82) is 0 Å². The number of esters is 1. The molecule has 1 N–H and O–H groups in total. The lowest BCUT2D eigenvalue weighted by molar-refractivity contribution is -0.137. The van der Waals surface area contributed by atoms with Crippen molar-refractivity contribution in [2.24, 2.45) is 0 Å². The Bertz CT molecular complexity index is 848. The lowest BCUT2D eigenvalue weighted by atomic mass is 10.1. The standard InChI is InChI=1S/C20H25N3O4S2/c1-20(2,3)22-17(24)9-23(4)18(25)10-27-19(26)15-7-5-6-8-16(15)29-12-14-11-28-13-21-14/h5-8,11,13H,9-10,12H2,1-4H3,(H,22,24). The largest absolute Gasteiger partial charge is 0.452 e. The maximum absolute atomic E-state index is 12.5. The van der Waals surface area contributed by atoms with E-state index in [1.807, 2.05) is 38.3 Å². The van der Waals surface area contributed by atoms with E-state index in [4.69, 9.17) is 4.74 Å². The SMILES string of the molecule is CN(CC(=O)NC(C)(C)C)C(=O)COC(=O)c1ccccc1SCc1cscn1. The molecule has 9 heteroatoms.